The standard InChI is InChI=1S/C18H24N8O8S2/c1-4-24-5-6-25(16(30)15(24)29)17(31)19-10(3)13(27)20-11-8-26(14(11)28)18(32)23-36(33,34)22-12-7-9(2)35-21-12/h7,10-11H,4-6,8H2,1-3H3,(H,19,31)(H,20,27)(H,21,22)(H,23,32)/t10?,11-/m1/s1. The van der Waals surface area contributed by atoms with E-state index >= 15 is 0 Å². The molecule has 0 aliphatic carbocycles. The summed E-state index contributed by atoms with van der Waals surface area (Å²) in [6.45, 7) is 4.84. The van der Waals surface area contributed by atoms with Crippen LogP contribution >= 0.6 is 11.5 Å². The molecule has 2 atom stereocenters. The van der Waals surface area contributed by atoms with Gasteiger partial charge in [0.2, 0.25) is 5.91 Å². The number of anilines is 1. The number of nitrogens with one attached hydrogen (secondary N) is 4. The third-order valence-corrected chi connectivity index (χ3v) is 6.86. The maximum Gasteiger partial charge on any atom is 0.339 e. The topological polar surface area (TPSA) is 207 Å². The van der Waals surface area contributed by atoms with E-state index in [0.29, 0.717) is 16.3 Å². The van der Waals surface area contributed by atoms with Crippen molar-refractivity contribution in [1.82, 2.24) is 34.4 Å². The van der Waals surface area contributed by atoms with Gasteiger partial charge in [0.15, 0.2) is 5.82 Å². The highest BCUT2D eigenvalue weighted by Crippen LogP contribution is 2.15. The van der Waals surface area contributed by atoms with Crippen molar-refractivity contribution in [3.05, 3.63) is 10.9 Å². The molecule has 3 heterocycles. The minimum Gasteiger partial charge on any atom is -0.341 e. The first-order chi connectivity index (χ1) is 16.8. The summed E-state index contributed by atoms with van der Waals surface area (Å²) in [4.78, 5) is 76.5. The Labute approximate surface area is 209 Å². The molecule has 0 aromatic carbocycles. The predicted octanol–water partition coefficient (Wildman–Crippen LogP) is -2.07. The number of likely N-dealkylation sites (tertiary alicyclic amines) is 1. The number of amides is 8. The Balaban J connectivity index is 1.46. The van der Waals surface area contributed by atoms with Gasteiger partial charge in [-0.05, 0) is 38.4 Å². The first-order valence-electron chi connectivity index (χ1n) is 10.6. The van der Waals surface area contributed by atoms with E-state index in [1.807, 2.05) is 4.72 Å². The molecule has 1 unspecified atom stereocenters. The van der Waals surface area contributed by atoms with Gasteiger partial charge in [-0.15, -0.1) is 0 Å². The molecule has 2 aliphatic rings. The Morgan fingerprint density at radius 3 is 2.42 bits per heavy atom. The number of imide groups is 2. The number of carbonyl (C=O) groups excluding carboxylic acids is 6. The predicted molar refractivity (Wildman–Crippen MR) is 124 cm³/mol. The zero-order valence-corrected chi connectivity index (χ0v) is 21.1. The lowest BCUT2D eigenvalue weighted by molar-refractivity contribution is -0.153. The molecule has 36 heavy (non-hydrogen) atoms. The minimum atomic E-state index is -4.35. The number of β-lactam (4-membered cyclic amide) rings is 1. The van der Waals surface area contributed by atoms with E-state index in [9.17, 15) is 37.2 Å². The lowest BCUT2D eigenvalue weighted by atomic mass is 10.1. The van der Waals surface area contributed by atoms with Crippen LogP contribution in [-0.4, -0.2) is 101 Å². The van der Waals surface area contributed by atoms with Crippen LogP contribution in [0.5, 0.6) is 0 Å². The number of rotatable bonds is 7. The molecule has 1 aromatic rings. The zero-order valence-electron chi connectivity index (χ0n) is 19.4. The van der Waals surface area contributed by atoms with Crippen LogP contribution in [0.1, 0.15) is 18.7 Å². The van der Waals surface area contributed by atoms with E-state index in [4.69, 9.17) is 0 Å². The van der Waals surface area contributed by atoms with E-state index in [-0.39, 0.29) is 25.5 Å². The fourth-order valence-electron chi connectivity index (χ4n) is 3.26. The Morgan fingerprint density at radius 2 is 1.83 bits per heavy atom. The maximum atomic E-state index is 12.4. The van der Waals surface area contributed by atoms with Crippen LogP contribution in [0.25, 0.3) is 0 Å². The summed E-state index contributed by atoms with van der Waals surface area (Å²) in [6, 6.07) is -3.03. The lowest BCUT2D eigenvalue weighted by Crippen LogP contribution is -2.69. The molecule has 2 fully saturated rings. The molecule has 18 heteroatoms. The van der Waals surface area contributed by atoms with Gasteiger partial charge >= 0.3 is 34.1 Å². The van der Waals surface area contributed by atoms with E-state index in [1.54, 1.807) is 18.6 Å². The molecule has 2 saturated heterocycles. The van der Waals surface area contributed by atoms with Crippen molar-refractivity contribution >= 4 is 63.3 Å². The Kier molecular flexibility index (Phi) is 7.77. The second-order valence-corrected chi connectivity index (χ2v) is 10.3. The fourth-order valence-corrected chi connectivity index (χ4v) is 4.59. The Bertz CT molecular complexity index is 1220. The molecule has 1 aromatic heterocycles. The summed E-state index contributed by atoms with van der Waals surface area (Å²) in [5.41, 5.74) is 0. The van der Waals surface area contributed by atoms with Gasteiger partial charge < -0.3 is 15.5 Å². The molecule has 4 N–H and O–H groups in total. The summed E-state index contributed by atoms with van der Waals surface area (Å²) in [6.07, 6.45) is 0. The molecular weight excluding hydrogens is 520 g/mol. The molecule has 8 amide bonds. The minimum absolute atomic E-state index is 0.00668. The third kappa shape index (κ3) is 5.88. The monoisotopic (exact) mass is 544 g/mol. The molecule has 3 rings (SSSR count). The first kappa shape index (κ1) is 26.8. The summed E-state index contributed by atoms with van der Waals surface area (Å²) in [5, 5.41) is 4.60. The van der Waals surface area contributed by atoms with Crippen molar-refractivity contribution in [3.63, 3.8) is 0 Å². The summed E-state index contributed by atoms with van der Waals surface area (Å²) >= 11 is 1.05. The summed E-state index contributed by atoms with van der Waals surface area (Å²) < 4.78 is 31.7. The molecule has 0 radical (unpaired) electrons. The van der Waals surface area contributed by atoms with Crippen LogP contribution in [0.4, 0.5) is 15.4 Å². The summed E-state index contributed by atoms with van der Waals surface area (Å²) in [5.74, 6) is -3.49. The molecule has 0 bridgehead atoms. The number of likely N-dealkylation sites (N-methyl/N-ethyl adjacent to an activating group) is 1. The van der Waals surface area contributed by atoms with Gasteiger partial charge in [-0.1, -0.05) is 0 Å². The second-order valence-electron chi connectivity index (χ2n) is 7.86. The quantitative estimate of drug-likeness (QED) is 0.219. The number of nitrogens with zero attached hydrogens (tertiary/aromatic N) is 4. The molecule has 0 spiro atoms. The molecule has 0 saturated carbocycles. The zero-order chi connectivity index (χ0) is 26.8. The van der Waals surface area contributed by atoms with Gasteiger partial charge in [0.25, 0.3) is 5.91 Å². The third-order valence-electron chi connectivity index (χ3n) is 5.25. The first-order valence-corrected chi connectivity index (χ1v) is 12.9. The van der Waals surface area contributed by atoms with Crippen molar-refractivity contribution in [2.24, 2.45) is 0 Å². The van der Waals surface area contributed by atoms with Gasteiger partial charge in [0.05, 0.1) is 6.54 Å². The Hall–Kier alpha value is -3.80. The maximum absolute atomic E-state index is 12.4. The fraction of sp³-hybridized carbons (Fsp3) is 0.500. The van der Waals surface area contributed by atoms with Gasteiger partial charge in [-0.3, -0.25) is 29.0 Å². The number of aryl methyl sites for hydroxylation is 1. The number of urea groups is 2. The highest BCUT2D eigenvalue weighted by Gasteiger charge is 2.43. The van der Waals surface area contributed by atoms with Crippen LogP contribution in [-0.2, 0) is 29.4 Å². The number of carbonyl (C=O) groups is 6. The van der Waals surface area contributed by atoms with E-state index in [2.05, 4.69) is 15.0 Å². The van der Waals surface area contributed by atoms with Crippen molar-refractivity contribution in [2.75, 3.05) is 30.9 Å². The second kappa shape index (κ2) is 10.4. The number of piperazine rings is 1. The van der Waals surface area contributed by atoms with Gasteiger partial charge in [0, 0.05) is 24.5 Å². The molecule has 2 aliphatic heterocycles. The molecule has 16 nitrogen and oxygen atoms in total. The van der Waals surface area contributed by atoms with Crippen LogP contribution in [0.15, 0.2) is 6.07 Å². The van der Waals surface area contributed by atoms with E-state index in [0.717, 1.165) is 16.4 Å². The molecular formula is C18H24N8O8S2. The van der Waals surface area contributed by atoms with Crippen LogP contribution in [0.2, 0.25) is 0 Å². The molecule has 196 valence electrons. The lowest BCUT2D eigenvalue weighted by Gasteiger charge is -2.37. The number of hydrogen-bond donors (Lipinski definition) is 4. The average molecular weight is 545 g/mol. The van der Waals surface area contributed by atoms with Crippen molar-refractivity contribution < 1.29 is 37.2 Å². The van der Waals surface area contributed by atoms with Crippen molar-refractivity contribution in [3.8, 4) is 0 Å². The van der Waals surface area contributed by atoms with Gasteiger partial charge in [-0.25, -0.2) is 19.0 Å². The largest absolute Gasteiger partial charge is 0.341 e. The van der Waals surface area contributed by atoms with Gasteiger partial charge in [0.1, 0.15) is 12.1 Å². The summed E-state index contributed by atoms with van der Waals surface area (Å²) in [7, 11) is -4.35. The normalized spacial score (nSPS) is 18.9. The van der Waals surface area contributed by atoms with Crippen molar-refractivity contribution in [2.45, 2.75) is 32.9 Å². The number of aromatic nitrogens is 1. The SMILES string of the molecule is CCN1CCN(C(=O)NC(C)C(=O)N[C@@H]2CN(C(=O)NS(=O)(=O)Nc3cc(C)sn3)C2=O)C(=O)C1=O. The average Bonchev–Trinajstić information content (AvgIpc) is 3.20. The number of hydrogen-bond acceptors (Lipinski definition) is 10. The van der Waals surface area contributed by atoms with Crippen LogP contribution in [0, 0.1) is 6.92 Å². The smallest absolute Gasteiger partial charge is 0.339 e. The highest BCUT2D eigenvalue weighted by atomic mass is 32.2. The Morgan fingerprint density at radius 1 is 1.14 bits per heavy atom. The van der Waals surface area contributed by atoms with Gasteiger partial charge in [-0.2, -0.15) is 12.8 Å². The van der Waals surface area contributed by atoms with E-state index in [1.165, 1.54) is 17.9 Å². The van der Waals surface area contributed by atoms with Crippen molar-refractivity contribution in [1.29, 1.82) is 0 Å². The van der Waals surface area contributed by atoms with E-state index < -0.39 is 58.0 Å². The highest BCUT2D eigenvalue weighted by molar-refractivity contribution is 7.91. The van der Waals surface area contributed by atoms with Crippen LogP contribution in [0.3, 0.4) is 0 Å². The van der Waals surface area contributed by atoms with Crippen LogP contribution < -0.4 is 20.1 Å².